The lowest BCUT2D eigenvalue weighted by molar-refractivity contribution is -0.125. The van der Waals surface area contributed by atoms with Gasteiger partial charge in [-0.25, -0.2) is 4.79 Å². The van der Waals surface area contributed by atoms with Crippen molar-refractivity contribution in [2.75, 3.05) is 19.0 Å². The van der Waals surface area contributed by atoms with Crippen LogP contribution in [0.1, 0.15) is 24.2 Å². The van der Waals surface area contributed by atoms with Gasteiger partial charge in [-0.05, 0) is 24.1 Å². The van der Waals surface area contributed by atoms with Gasteiger partial charge in [-0.2, -0.15) is 8.78 Å². The summed E-state index contributed by atoms with van der Waals surface area (Å²) in [6.07, 6.45) is 0. The van der Waals surface area contributed by atoms with Gasteiger partial charge in [-0.3, -0.25) is 9.59 Å². The predicted molar refractivity (Wildman–Crippen MR) is 96.1 cm³/mol. The molecule has 0 aliphatic carbocycles. The summed E-state index contributed by atoms with van der Waals surface area (Å²) in [6, 6.07) is 2.72. The van der Waals surface area contributed by atoms with E-state index in [2.05, 4.69) is 20.1 Å². The van der Waals surface area contributed by atoms with Crippen molar-refractivity contribution in [3.63, 3.8) is 0 Å². The number of hydrogen-bond acceptors (Lipinski definition) is 6. The van der Waals surface area contributed by atoms with E-state index in [1.165, 1.54) is 12.1 Å². The van der Waals surface area contributed by atoms with E-state index in [4.69, 9.17) is 5.73 Å². The first-order chi connectivity index (χ1) is 12.1. The van der Waals surface area contributed by atoms with Crippen LogP contribution in [0.2, 0.25) is 0 Å². The highest BCUT2D eigenvalue weighted by Gasteiger charge is 2.19. The molecule has 0 saturated heterocycles. The largest absolute Gasteiger partial charge is 0.465 e. The van der Waals surface area contributed by atoms with Crippen molar-refractivity contribution in [2.45, 2.75) is 26.5 Å². The molecule has 4 N–H and O–H groups in total. The van der Waals surface area contributed by atoms with Crippen LogP contribution in [0.25, 0.3) is 0 Å². The fourth-order valence-electron chi connectivity index (χ4n) is 1.85. The molecule has 0 radical (unpaired) electrons. The van der Waals surface area contributed by atoms with E-state index in [1.807, 2.05) is 0 Å². The molecular formula is C16H22ClF2N3O5. The second-order valence-electron chi connectivity index (χ2n) is 5.62. The van der Waals surface area contributed by atoms with Gasteiger partial charge in [0.1, 0.15) is 5.75 Å². The lowest BCUT2D eigenvalue weighted by Gasteiger charge is -2.16. The molecule has 0 aliphatic rings. The van der Waals surface area contributed by atoms with Crippen molar-refractivity contribution in [2.24, 2.45) is 11.7 Å². The number of nitrogens with two attached hydrogens (primary N) is 1. The number of amides is 2. The van der Waals surface area contributed by atoms with E-state index < -0.39 is 42.7 Å². The minimum absolute atomic E-state index is 0. The van der Waals surface area contributed by atoms with E-state index in [-0.39, 0.29) is 29.6 Å². The number of hydrogen-bond donors (Lipinski definition) is 3. The van der Waals surface area contributed by atoms with Crippen molar-refractivity contribution >= 4 is 35.9 Å². The number of esters is 1. The van der Waals surface area contributed by atoms with E-state index in [9.17, 15) is 23.2 Å². The van der Waals surface area contributed by atoms with Crippen molar-refractivity contribution in [3.05, 3.63) is 23.8 Å². The standard InChI is InChI=1S/C16H21F2N3O5.ClH/c1-8(2)13(19)14(23)20-7-12(22)21-10-5-4-9(15(24)25-3)6-11(10)26-16(17)18;/h4-6,8,13,16H,7,19H2,1-3H3,(H,20,23)(H,21,22);1H/t13-;/m0./s1. The molecule has 0 aromatic heterocycles. The molecule has 11 heteroatoms. The fourth-order valence-corrected chi connectivity index (χ4v) is 1.85. The van der Waals surface area contributed by atoms with Crippen LogP contribution < -0.4 is 21.1 Å². The minimum Gasteiger partial charge on any atom is -0.465 e. The van der Waals surface area contributed by atoms with E-state index in [1.54, 1.807) is 13.8 Å². The Morgan fingerprint density at radius 1 is 1.22 bits per heavy atom. The summed E-state index contributed by atoms with van der Waals surface area (Å²) < 4.78 is 33.9. The second kappa shape index (κ2) is 11.3. The molecule has 2 amide bonds. The average molecular weight is 410 g/mol. The monoisotopic (exact) mass is 409 g/mol. The smallest absolute Gasteiger partial charge is 0.387 e. The Kier molecular flexibility index (Phi) is 10.3. The molecule has 0 unspecified atom stereocenters. The van der Waals surface area contributed by atoms with Gasteiger partial charge in [0.15, 0.2) is 0 Å². The second-order valence-corrected chi connectivity index (χ2v) is 5.62. The minimum atomic E-state index is -3.16. The zero-order valence-electron chi connectivity index (χ0n) is 15.0. The number of carbonyl (C=O) groups excluding carboxylic acids is 3. The van der Waals surface area contributed by atoms with E-state index in [0.717, 1.165) is 13.2 Å². The highest BCUT2D eigenvalue weighted by atomic mass is 35.5. The maximum absolute atomic E-state index is 12.5. The number of methoxy groups -OCH3 is 1. The topological polar surface area (TPSA) is 120 Å². The molecule has 152 valence electrons. The van der Waals surface area contributed by atoms with Crippen LogP contribution in [-0.4, -0.2) is 44.1 Å². The number of nitrogens with one attached hydrogen (secondary N) is 2. The number of halogens is 3. The lowest BCUT2D eigenvalue weighted by atomic mass is 10.1. The summed E-state index contributed by atoms with van der Waals surface area (Å²) in [6.45, 7) is -0.0729. The Hall–Kier alpha value is -2.46. The normalized spacial score (nSPS) is 11.4. The molecule has 0 heterocycles. The third-order valence-corrected chi connectivity index (χ3v) is 3.34. The predicted octanol–water partition coefficient (Wildman–Crippen LogP) is 1.53. The summed E-state index contributed by atoms with van der Waals surface area (Å²) in [4.78, 5) is 35.1. The maximum Gasteiger partial charge on any atom is 0.387 e. The van der Waals surface area contributed by atoms with Crippen LogP contribution in [0.5, 0.6) is 5.75 Å². The Balaban J connectivity index is 0.00000676. The van der Waals surface area contributed by atoms with Crippen molar-refractivity contribution in [3.8, 4) is 5.75 Å². The van der Waals surface area contributed by atoms with Gasteiger partial charge in [0, 0.05) is 0 Å². The molecule has 8 nitrogen and oxygen atoms in total. The van der Waals surface area contributed by atoms with Crippen LogP contribution >= 0.6 is 12.4 Å². The van der Waals surface area contributed by atoms with Gasteiger partial charge in [0.05, 0.1) is 30.9 Å². The number of benzene rings is 1. The first-order valence-electron chi connectivity index (χ1n) is 7.66. The van der Waals surface area contributed by atoms with Crippen molar-refractivity contribution in [1.29, 1.82) is 0 Å². The molecule has 0 aliphatic heterocycles. The Morgan fingerprint density at radius 2 is 1.85 bits per heavy atom. The molecule has 0 saturated carbocycles. The number of anilines is 1. The summed E-state index contributed by atoms with van der Waals surface area (Å²) in [5.74, 6) is -2.48. The van der Waals surface area contributed by atoms with Gasteiger partial charge < -0.3 is 25.8 Å². The molecular weight excluding hydrogens is 388 g/mol. The van der Waals surface area contributed by atoms with Crippen LogP contribution in [0, 0.1) is 5.92 Å². The first kappa shape index (κ1) is 24.5. The lowest BCUT2D eigenvalue weighted by Crippen LogP contribution is -2.46. The van der Waals surface area contributed by atoms with E-state index >= 15 is 0 Å². The van der Waals surface area contributed by atoms with Crippen LogP contribution in [0.3, 0.4) is 0 Å². The Labute approximate surface area is 161 Å². The Morgan fingerprint density at radius 3 is 2.37 bits per heavy atom. The first-order valence-corrected chi connectivity index (χ1v) is 7.66. The van der Waals surface area contributed by atoms with Gasteiger partial charge in [-0.15, -0.1) is 12.4 Å². The zero-order chi connectivity index (χ0) is 19.9. The highest BCUT2D eigenvalue weighted by Crippen LogP contribution is 2.27. The number of ether oxygens (including phenoxy) is 2. The summed E-state index contributed by atoms with van der Waals surface area (Å²) in [7, 11) is 1.14. The molecule has 0 spiro atoms. The fraction of sp³-hybridized carbons (Fsp3) is 0.438. The number of carbonyl (C=O) groups is 3. The molecule has 27 heavy (non-hydrogen) atoms. The van der Waals surface area contributed by atoms with Crippen molar-refractivity contribution in [1.82, 2.24) is 5.32 Å². The summed E-state index contributed by atoms with van der Waals surface area (Å²) in [5.41, 5.74) is 5.52. The maximum atomic E-state index is 12.5. The summed E-state index contributed by atoms with van der Waals surface area (Å²) in [5, 5.41) is 4.66. The van der Waals surface area contributed by atoms with Gasteiger partial charge in [0.2, 0.25) is 11.8 Å². The van der Waals surface area contributed by atoms with Gasteiger partial charge >= 0.3 is 12.6 Å². The number of alkyl halides is 2. The zero-order valence-corrected chi connectivity index (χ0v) is 15.8. The molecule has 1 aromatic carbocycles. The average Bonchev–Trinajstić information content (AvgIpc) is 2.59. The molecule has 1 rings (SSSR count). The quantitative estimate of drug-likeness (QED) is 0.560. The SMILES string of the molecule is COC(=O)c1ccc(NC(=O)CNC(=O)[C@@H](N)C(C)C)c(OC(F)F)c1.Cl. The molecule has 0 bridgehead atoms. The Bertz CT molecular complexity index is 673. The van der Waals surface area contributed by atoms with Crippen LogP contribution in [0.15, 0.2) is 18.2 Å². The van der Waals surface area contributed by atoms with Crippen LogP contribution in [0.4, 0.5) is 14.5 Å². The third kappa shape index (κ3) is 7.75. The van der Waals surface area contributed by atoms with Gasteiger partial charge in [0.25, 0.3) is 0 Å². The van der Waals surface area contributed by atoms with Crippen molar-refractivity contribution < 1.29 is 32.6 Å². The molecule has 0 fully saturated rings. The highest BCUT2D eigenvalue weighted by molar-refractivity contribution is 5.97. The molecule has 1 atom stereocenters. The third-order valence-electron chi connectivity index (χ3n) is 3.34. The van der Waals surface area contributed by atoms with Gasteiger partial charge in [-0.1, -0.05) is 13.8 Å². The summed E-state index contributed by atoms with van der Waals surface area (Å²) >= 11 is 0. The van der Waals surface area contributed by atoms with Crippen LogP contribution in [-0.2, 0) is 14.3 Å². The molecule has 1 aromatic rings. The van der Waals surface area contributed by atoms with E-state index in [0.29, 0.717) is 0 Å². The number of rotatable bonds is 8.